The Morgan fingerprint density at radius 2 is 2.22 bits per heavy atom. The van der Waals surface area contributed by atoms with Crippen molar-refractivity contribution in [1.82, 2.24) is 15.5 Å². The number of nitrogens with zero attached hydrogens (tertiary/aromatic N) is 2. The average Bonchev–Trinajstić information content (AvgIpc) is 3.19. The number of anilines is 1. The fraction of sp³-hybridized carbons (Fsp3) is 0.286. The quantitative estimate of drug-likeness (QED) is 0.584. The smallest absolute Gasteiger partial charge is 0.270 e. The summed E-state index contributed by atoms with van der Waals surface area (Å²) in [7, 11) is 0. The molecule has 0 radical (unpaired) electrons. The topological polar surface area (TPSA) is 113 Å². The molecular formula is C14H16ClN5O3. The van der Waals surface area contributed by atoms with Crippen molar-refractivity contribution in [3.63, 3.8) is 0 Å². The van der Waals surface area contributed by atoms with Crippen molar-refractivity contribution in [2.75, 3.05) is 11.9 Å². The van der Waals surface area contributed by atoms with Crippen LogP contribution in [0.5, 0.6) is 0 Å². The largest absolute Gasteiger partial charge is 0.308 e. The third-order valence-electron chi connectivity index (χ3n) is 3.57. The van der Waals surface area contributed by atoms with Gasteiger partial charge in [-0.15, -0.1) is 12.4 Å². The van der Waals surface area contributed by atoms with Crippen molar-refractivity contribution in [3.8, 4) is 11.3 Å². The molecule has 1 aliphatic heterocycles. The molecule has 1 saturated heterocycles. The second-order valence-electron chi connectivity index (χ2n) is 5.11. The summed E-state index contributed by atoms with van der Waals surface area (Å²) >= 11 is 0. The number of hydrogen-bond acceptors (Lipinski definition) is 5. The van der Waals surface area contributed by atoms with Crippen LogP contribution >= 0.6 is 12.4 Å². The number of non-ortho nitro benzene ring substituents is 1. The molecule has 23 heavy (non-hydrogen) atoms. The van der Waals surface area contributed by atoms with Gasteiger partial charge < -0.3 is 10.6 Å². The summed E-state index contributed by atoms with van der Waals surface area (Å²) < 4.78 is 0. The lowest BCUT2D eigenvalue weighted by atomic mass is 10.1. The van der Waals surface area contributed by atoms with Gasteiger partial charge >= 0.3 is 0 Å². The van der Waals surface area contributed by atoms with Gasteiger partial charge in [-0.3, -0.25) is 20.0 Å². The predicted molar refractivity (Wildman–Crippen MR) is 87.6 cm³/mol. The number of nitro benzene ring substituents is 1. The van der Waals surface area contributed by atoms with Crippen molar-refractivity contribution in [2.24, 2.45) is 0 Å². The van der Waals surface area contributed by atoms with E-state index in [1.165, 1.54) is 12.1 Å². The molecule has 3 N–H and O–H groups in total. The zero-order valence-electron chi connectivity index (χ0n) is 12.1. The first-order valence-corrected chi connectivity index (χ1v) is 6.98. The molecule has 0 saturated carbocycles. The molecular weight excluding hydrogens is 322 g/mol. The molecule has 3 rings (SSSR count). The summed E-state index contributed by atoms with van der Waals surface area (Å²) in [5.41, 5.74) is 1.26. The SMILES string of the molecule is Cl.O=C(Nc1cc(-c2cccc([N+](=O)[O-])c2)[nH]n1)C1CCCN1. The summed E-state index contributed by atoms with van der Waals surface area (Å²) in [4.78, 5) is 22.3. The third-order valence-corrected chi connectivity index (χ3v) is 3.57. The van der Waals surface area contributed by atoms with Crippen LogP contribution in [-0.2, 0) is 4.79 Å². The van der Waals surface area contributed by atoms with Crippen LogP contribution in [0.1, 0.15) is 12.8 Å². The van der Waals surface area contributed by atoms with Crippen LogP contribution in [0, 0.1) is 10.1 Å². The van der Waals surface area contributed by atoms with E-state index in [0.717, 1.165) is 19.4 Å². The molecule has 0 bridgehead atoms. The maximum absolute atomic E-state index is 12.0. The second-order valence-corrected chi connectivity index (χ2v) is 5.11. The number of carbonyl (C=O) groups excluding carboxylic acids is 1. The maximum atomic E-state index is 12.0. The molecule has 1 unspecified atom stereocenters. The number of H-pyrrole nitrogens is 1. The van der Waals surface area contributed by atoms with E-state index in [1.54, 1.807) is 18.2 Å². The van der Waals surface area contributed by atoms with Crippen molar-refractivity contribution in [1.29, 1.82) is 0 Å². The summed E-state index contributed by atoms with van der Waals surface area (Å²) in [6, 6.07) is 7.70. The van der Waals surface area contributed by atoms with Gasteiger partial charge in [-0.2, -0.15) is 5.10 Å². The fourth-order valence-electron chi connectivity index (χ4n) is 2.44. The number of benzene rings is 1. The fourth-order valence-corrected chi connectivity index (χ4v) is 2.44. The minimum atomic E-state index is -0.450. The summed E-state index contributed by atoms with van der Waals surface area (Å²) in [5, 5.41) is 23.4. The lowest BCUT2D eigenvalue weighted by Gasteiger charge is -2.08. The first kappa shape index (κ1) is 16.9. The molecule has 1 amide bonds. The Morgan fingerprint density at radius 1 is 1.39 bits per heavy atom. The average molecular weight is 338 g/mol. The van der Waals surface area contributed by atoms with Crippen LogP contribution in [0.3, 0.4) is 0 Å². The zero-order valence-corrected chi connectivity index (χ0v) is 12.9. The van der Waals surface area contributed by atoms with Gasteiger partial charge in [-0.05, 0) is 19.4 Å². The van der Waals surface area contributed by atoms with E-state index < -0.39 is 4.92 Å². The lowest BCUT2D eigenvalue weighted by molar-refractivity contribution is -0.384. The molecule has 2 heterocycles. The van der Waals surface area contributed by atoms with Gasteiger partial charge in [0.25, 0.3) is 5.69 Å². The highest BCUT2D eigenvalue weighted by Gasteiger charge is 2.22. The first-order valence-electron chi connectivity index (χ1n) is 6.98. The number of amides is 1. The predicted octanol–water partition coefficient (Wildman–Crippen LogP) is 2.10. The van der Waals surface area contributed by atoms with E-state index in [-0.39, 0.29) is 30.0 Å². The Balaban J connectivity index is 0.00000192. The van der Waals surface area contributed by atoms with E-state index in [2.05, 4.69) is 20.8 Å². The van der Waals surface area contributed by atoms with E-state index in [1.807, 2.05) is 0 Å². The number of rotatable bonds is 4. The highest BCUT2D eigenvalue weighted by Crippen LogP contribution is 2.24. The molecule has 0 aliphatic carbocycles. The molecule has 1 aliphatic rings. The molecule has 1 atom stereocenters. The van der Waals surface area contributed by atoms with Gasteiger partial charge in [-0.25, -0.2) is 0 Å². The van der Waals surface area contributed by atoms with Crippen molar-refractivity contribution in [2.45, 2.75) is 18.9 Å². The standard InChI is InChI=1S/C14H15N5O3.ClH/c20-14(11-5-2-6-15-11)16-13-8-12(17-18-13)9-3-1-4-10(7-9)19(21)22;/h1,3-4,7-8,11,15H,2,5-6H2,(H2,16,17,18,20);1H. The zero-order chi connectivity index (χ0) is 15.5. The van der Waals surface area contributed by atoms with E-state index in [4.69, 9.17) is 0 Å². The lowest BCUT2D eigenvalue weighted by Crippen LogP contribution is -2.35. The third kappa shape index (κ3) is 3.85. The molecule has 8 nitrogen and oxygen atoms in total. The molecule has 1 aromatic heterocycles. The normalized spacial score (nSPS) is 16.6. The molecule has 2 aromatic rings. The van der Waals surface area contributed by atoms with Gasteiger partial charge in [0.2, 0.25) is 5.91 Å². The molecule has 0 spiro atoms. The van der Waals surface area contributed by atoms with Gasteiger partial charge in [0.15, 0.2) is 5.82 Å². The minimum absolute atomic E-state index is 0. The molecule has 1 aromatic carbocycles. The Morgan fingerprint density at radius 3 is 2.91 bits per heavy atom. The Hall–Kier alpha value is -2.45. The maximum Gasteiger partial charge on any atom is 0.270 e. The summed E-state index contributed by atoms with van der Waals surface area (Å²) in [6.45, 7) is 0.845. The molecule has 1 fully saturated rings. The number of nitrogens with one attached hydrogen (secondary N) is 3. The second kappa shape index (κ2) is 7.21. The number of carbonyl (C=O) groups is 1. The Kier molecular flexibility index (Phi) is 5.30. The summed E-state index contributed by atoms with van der Waals surface area (Å²) in [5.74, 6) is 0.287. The van der Waals surface area contributed by atoms with Crippen molar-refractivity contribution >= 4 is 29.8 Å². The van der Waals surface area contributed by atoms with Gasteiger partial charge in [0.05, 0.1) is 16.7 Å². The van der Waals surface area contributed by atoms with Crippen LogP contribution in [0.25, 0.3) is 11.3 Å². The van der Waals surface area contributed by atoms with Gasteiger partial charge in [0, 0.05) is 23.8 Å². The molecule has 9 heteroatoms. The number of hydrogen-bond donors (Lipinski definition) is 3. The van der Waals surface area contributed by atoms with Crippen molar-refractivity contribution < 1.29 is 9.72 Å². The van der Waals surface area contributed by atoms with Crippen molar-refractivity contribution in [3.05, 3.63) is 40.4 Å². The van der Waals surface area contributed by atoms with Crippen LogP contribution < -0.4 is 10.6 Å². The number of halogens is 1. The highest BCUT2D eigenvalue weighted by atomic mass is 35.5. The van der Waals surface area contributed by atoms with Gasteiger partial charge in [-0.1, -0.05) is 12.1 Å². The van der Waals surface area contributed by atoms with Gasteiger partial charge in [0.1, 0.15) is 0 Å². The number of aromatic nitrogens is 2. The molecule has 122 valence electrons. The minimum Gasteiger partial charge on any atom is -0.308 e. The number of aromatic amines is 1. The van der Waals surface area contributed by atoms with Crippen LogP contribution in [0.4, 0.5) is 11.5 Å². The highest BCUT2D eigenvalue weighted by molar-refractivity contribution is 5.94. The Bertz CT molecular complexity index is 712. The van der Waals surface area contributed by atoms with E-state index >= 15 is 0 Å². The summed E-state index contributed by atoms with van der Waals surface area (Å²) in [6.07, 6.45) is 1.80. The van der Waals surface area contributed by atoms with Crippen LogP contribution in [-0.4, -0.2) is 33.6 Å². The monoisotopic (exact) mass is 337 g/mol. The van der Waals surface area contributed by atoms with Crippen LogP contribution in [0.2, 0.25) is 0 Å². The number of nitro groups is 1. The van der Waals surface area contributed by atoms with Crippen LogP contribution in [0.15, 0.2) is 30.3 Å². The Labute approximate surface area is 138 Å². The first-order chi connectivity index (χ1) is 10.6. The van der Waals surface area contributed by atoms with E-state index in [0.29, 0.717) is 17.1 Å². The van der Waals surface area contributed by atoms with E-state index in [9.17, 15) is 14.9 Å².